The van der Waals surface area contributed by atoms with Gasteiger partial charge in [0.2, 0.25) is 0 Å². The lowest BCUT2D eigenvalue weighted by atomic mass is 9.63. The van der Waals surface area contributed by atoms with Gasteiger partial charge in [0, 0.05) is 28.9 Å². The van der Waals surface area contributed by atoms with Crippen LogP contribution in [0.2, 0.25) is 0 Å². The van der Waals surface area contributed by atoms with Crippen molar-refractivity contribution in [3.05, 3.63) is 146 Å². The number of rotatable bonds is 5. The van der Waals surface area contributed by atoms with Gasteiger partial charge in [-0.3, -0.25) is 4.98 Å². The summed E-state index contributed by atoms with van der Waals surface area (Å²) >= 11 is 0. The Bertz CT molecular complexity index is 2150. The second kappa shape index (κ2) is 10.7. The molecule has 1 aliphatic rings. The minimum absolute atomic E-state index is 0.348. The Balaban J connectivity index is 1.45. The first-order chi connectivity index (χ1) is 22.0. The number of aliphatic hydroxyl groups is 1. The van der Waals surface area contributed by atoms with Crippen LogP contribution in [0.25, 0.3) is 54.9 Å². The van der Waals surface area contributed by atoms with Crippen LogP contribution in [0.4, 0.5) is 17.1 Å². The fraction of sp³-hybridized carbons (Fsp3) is 0.0513. The number of anilines is 3. The topological polar surface area (TPSA) is 48.4 Å². The molecule has 0 saturated carbocycles. The first-order valence-corrected chi connectivity index (χ1v) is 15.4. The molecule has 2 heterocycles. The number of benzene rings is 6. The smallest absolute Gasteiger partial charge is 0.136 e. The minimum atomic E-state index is -1.02. The first-order valence-electron chi connectivity index (χ1n) is 15.4. The Hall–Kier alpha value is -5.32. The van der Waals surface area contributed by atoms with Gasteiger partial charge in [0.1, 0.15) is 21.9 Å². The standard InChI is InChI=1S/C39H31B2N3O/c40-39(41,45)38-43-33-20-8-10-22-35(33)44(38)34-21-9-7-19-32(34)37-30-17-5-3-15-28(30)36(29-16-4-6-18-31(29)37)27-14-2-1-13-26(27)25-12-11-23-42-24-25/h1-24,38,43,45H,40-41H2. The first kappa shape index (κ1) is 27.2. The largest absolute Gasteiger partial charge is 0.404 e. The molecule has 6 heteroatoms. The molecule has 1 aromatic heterocycles. The molecule has 1 atom stereocenters. The van der Waals surface area contributed by atoms with E-state index < -0.39 is 5.40 Å². The number of fused-ring (bicyclic) bond motifs is 3. The van der Waals surface area contributed by atoms with Crippen molar-refractivity contribution in [1.29, 1.82) is 0 Å². The van der Waals surface area contributed by atoms with E-state index in [0.717, 1.165) is 33.8 Å². The molecule has 214 valence electrons. The highest BCUT2D eigenvalue weighted by Gasteiger charge is 2.40. The normalized spacial score (nSPS) is 14.4. The summed E-state index contributed by atoms with van der Waals surface area (Å²) in [4.78, 5) is 6.70. The molecule has 0 amide bonds. The fourth-order valence-electron chi connectivity index (χ4n) is 7.00. The van der Waals surface area contributed by atoms with Gasteiger partial charge in [-0.2, -0.15) is 0 Å². The van der Waals surface area contributed by atoms with Gasteiger partial charge in [-0.1, -0.05) is 109 Å². The number of pyridine rings is 1. The summed E-state index contributed by atoms with van der Waals surface area (Å²) in [6.45, 7) is 0. The molecule has 0 saturated heterocycles. The quantitative estimate of drug-likeness (QED) is 0.168. The Labute approximate surface area is 264 Å². The highest BCUT2D eigenvalue weighted by atomic mass is 16.3. The Kier molecular flexibility index (Phi) is 6.47. The van der Waals surface area contributed by atoms with Crippen LogP contribution in [0.1, 0.15) is 0 Å². The van der Waals surface area contributed by atoms with E-state index in [4.69, 9.17) is 0 Å². The molecule has 0 aliphatic carbocycles. The average molecular weight is 579 g/mol. The van der Waals surface area contributed by atoms with Gasteiger partial charge in [-0.05, 0) is 68.1 Å². The number of hydrogen-bond donors (Lipinski definition) is 2. The van der Waals surface area contributed by atoms with Crippen molar-refractivity contribution < 1.29 is 5.11 Å². The van der Waals surface area contributed by atoms with Crippen molar-refractivity contribution >= 4 is 54.3 Å². The van der Waals surface area contributed by atoms with E-state index in [0.29, 0.717) is 0 Å². The van der Waals surface area contributed by atoms with Crippen LogP contribution in [0.5, 0.6) is 0 Å². The summed E-state index contributed by atoms with van der Waals surface area (Å²) in [6.07, 6.45) is 3.41. The van der Waals surface area contributed by atoms with Crippen LogP contribution >= 0.6 is 0 Å². The van der Waals surface area contributed by atoms with Crippen molar-refractivity contribution in [1.82, 2.24) is 4.98 Å². The van der Waals surface area contributed by atoms with Crippen LogP contribution in [-0.2, 0) is 0 Å². The molecule has 8 rings (SSSR count). The predicted octanol–water partition coefficient (Wildman–Crippen LogP) is 7.19. The summed E-state index contributed by atoms with van der Waals surface area (Å²) < 4.78 is 0. The second-order valence-corrected chi connectivity index (χ2v) is 12.2. The molecule has 1 unspecified atom stereocenters. The highest BCUT2D eigenvalue weighted by molar-refractivity contribution is 6.40. The summed E-state index contributed by atoms with van der Waals surface area (Å²) in [7, 11) is 3.73. The van der Waals surface area contributed by atoms with Crippen molar-refractivity contribution in [2.45, 2.75) is 11.6 Å². The zero-order valence-electron chi connectivity index (χ0n) is 25.3. The SMILES string of the molecule is BC(B)(O)C1Nc2ccccc2N1c1ccccc1-c1c2ccccc2c(-c2ccccc2-c2cccnc2)c2ccccc12. The lowest BCUT2D eigenvalue weighted by Crippen LogP contribution is -2.54. The molecule has 1 aliphatic heterocycles. The maximum atomic E-state index is 11.4. The van der Waals surface area contributed by atoms with Crippen LogP contribution in [0, 0.1) is 0 Å². The number of para-hydroxylation sites is 3. The molecular weight excluding hydrogens is 548 g/mol. The van der Waals surface area contributed by atoms with Crippen molar-refractivity contribution in [2.75, 3.05) is 10.2 Å². The van der Waals surface area contributed by atoms with E-state index >= 15 is 0 Å². The molecule has 0 bridgehead atoms. The van der Waals surface area contributed by atoms with Gasteiger partial charge in [-0.15, -0.1) is 0 Å². The van der Waals surface area contributed by atoms with Crippen LogP contribution in [-0.4, -0.2) is 37.3 Å². The van der Waals surface area contributed by atoms with Gasteiger partial charge < -0.3 is 15.3 Å². The fourth-order valence-corrected chi connectivity index (χ4v) is 7.00. The van der Waals surface area contributed by atoms with Gasteiger partial charge in [-0.25, -0.2) is 0 Å². The molecule has 2 N–H and O–H groups in total. The second-order valence-electron chi connectivity index (χ2n) is 12.2. The van der Waals surface area contributed by atoms with Crippen molar-refractivity contribution in [3.8, 4) is 33.4 Å². The highest BCUT2D eigenvalue weighted by Crippen LogP contribution is 2.50. The third kappa shape index (κ3) is 4.49. The minimum Gasteiger partial charge on any atom is -0.404 e. The van der Waals surface area contributed by atoms with Crippen molar-refractivity contribution in [3.63, 3.8) is 0 Å². The van der Waals surface area contributed by atoms with Crippen molar-refractivity contribution in [2.24, 2.45) is 0 Å². The third-order valence-electron chi connectivity index (χ3n) is 8.92. The van der Waals surface area contributed by atoms with Gasteiger partial charge in [0.15, 0.2) is 0 Å². The van der Waals surface area contributed by atoms with E-state index in [-0.39, 0.29) is 6.17 Å². The molecule has 0 fully saturated rings. The van der Waals surface area contributed by atoms with E-state index in [1.165, 1.54) is 38.2 Å². The van der Waals surface area contributed by atoms with Gasteiger partial charge in [0.05, 0.1) is 17.1 Å². The lowest BCUT2D eigenvalue weighted by molar-refractivity contribution is 0.193. The maximum Gasteiger partial charge on any atom is 0.136 e. The predicted molar refractivity (Wildman–Crippen MR) is 194 cm³/mol. The monoisotopic (exact) mass is 579 g/mol. The lowest BCUT2D eigenvalue weighted by Gasteiger charge is -2.37. The van der Waals surface area contributed by atoms with E-state index in [1.54, 1.807) is 0 Å². The van der Waals surface area contributed by atoms with E-state index in [1.807, 2.05) is 40.2 Å². The maximum absolute atomic E-state index is 11.4. The summed E-state index contributed by atoms with van der Waals surface area (Å²) in [6, 6.07) is 47.2. The van der Waals surface area contributed by atoms with Crippen LogP contribution < -0.4 is 10.2 Å². The molecule has 0 radical (unpaired) electrons. The molecular formula is C39H31B2N3O. The van der Waals surface area contributed by atoms with Gasteiger partial charge >= 0.3 is 0 Å². The van der Waals surface area contributed by atoms with Gasteiger partial charge in [0.25, 0.3) is 0 Å². The third-order valence-corrected chi connectivity index (χ3v) is 8.92. The number of nitrogens with zero attached hydrogens (tertiary/aromatic N) is 2. The summed E-state index contributed by atoms with van der Waals surface area (Å²) in [5, 5.41) is 18.7. The number of hydrogen-bond acceptors (Lipinski definition) is 4. The Morgan fingerprint density at radius 1 is 0.578 bits per heavy atom. The number of aromatic nitrogens is 1. The van der Waals surface area contributed by atoms with E-state index in [9.17, 15) is 5.11 Å². The van der Waals surface area contributed by atoms with Crippen LogP contribution in [0.3, 0.4) is 0 Å². The summed E-state index contributed by atoms with van der Waals surface area (Å²) in [5.74, 6) is 0. The molecule has 4 nitrogen and oxygen atoms in total. The molecule has 0 spiro atoms. The molecule has 45 heavy (non-hydrogen) atoms. The van der Waals surface area contributed by atoms with Crippen LogP contribution in [0.15, 0.2) is 146 Å². The summed E-state index contributed by atoms with van der Waals surface area (Å²) in [5.41, 5.74) is 10.0. The Morgan fingerprint density at radius 2 is 1.09 bits per heavy atom. The average Bonchev–Trinajstić information content (AvgIpc) is 3.48. The Morgan fingerprint density at radius 3 is 1.69 bits per heavy atom. The molecule has 6 aromatic carbocycles. The zero-order chi connectivity index (χ0) is 30.5. The molecule has 7 aromatic rings. The number of nitrogens with one attached hydrogen (secondary N) is 1. The zero-order valence-corrected chi connectivity index (χ0v) is 25.3. The van der Waals surface area contributed by atoms with E-state index in [2.05, 4.69) is 137 Å².